The van der Waals surface area contributed by atoms with Crippen molar-refractivity contribution in [2.75, 3.05) is 19.6 Å². The molecule has 0 spiro atoms. The predicted octanol–water partition coefficient (Wildman–Crippen LogP) is 1.82. The van der Waals surface area contributed by atoms with Crippen LogP contribution in [0.4, 0.5) is 0 Å². The van der Waals surface area contributed by atoms with E-state index in [1.54, 1.807) is 6.33 Å². The number of aryl methyl sites for hydroxylation is 1. The summed E-state index contributed by atoms with van der Waals surface area (Å²) in [6, 6.07) is 11.4. The molecule has 1 aliphatic heterocycles. The second-order valence-electron chi connectivity index (χ2n) is 5.43. The number of nitrogens with one attached hydrogen (secondary N) is 2. The summed E-state index contributed by atoms with van der Waals surface area (Å²) in [5, 5.41) is 3.51. The van der Waals surface area contributed by atoms with E-state index in [2.05, 4.69) is 50.5 Å². The van der Waals surface area contributed by atoms with E-state index in [1.807, 2.05) is 6.20 Å². The summed E-state index contributed by atoms with van der Waals surface area (Å²) in [6.07, 6.45) is 6.03. The number of benzene rings is 1. The van der Waals surface area contributed by atoms with Gasteiger partial charge in [0.1, 0.15) is 0 Å². The highest BCUT2D eigenvalue weighted by Gasteiger charge is 2.22. The molecule has 106 valence electrons. The van der Waals surface area contributed by atoms with E-state index in [0.29, 0.717) is 6.04 Å². The van der Waals surface area contributed by atoms with Crippen molar-refractivity contribution >= 4 is 0 Å². The molecule has 0 radical (unpaired) electrons. The van der Waals surface area contributed by atoms with E-state index in [0.717, 1.165) is 32.6 Å². The van der Waals surface area contributed by atoms with Crippen molar-refractivity contribution in [2.24, 2.45) is 0 Å². The van der Waals surface area contributed by atoms with Crippen LogP contribution in [0.2, 0.25) is 0 Å². The van der Waals surface area contributed by atoms with Crippen LogP contribution in [0.3, 0.4) is 0 Å². The molecule has 0 amide bonds. The van der Waals surface area contributed by atoms with Crippen LogP contribution in [0.5, 0.6) is 0 Å². The topological polar surface area (TPSA) is 44.0 Å². The summed E-state index contributed by atoms with van der Waals surface area (Å²) in [5.74, 6) is 0. The van der Waals surface area contributed by atoms with Crippen LogP contribution in [0, 0.1) is 0 Å². The number of aromatic amines is 1. The summed E-state index contributed by atoms with van der Waals surface area (Å²) in [4.78, 5) is 9.88. The van der Waals surface area contributed by atoms with Gasteiger partial charge in [-0.3, -0.25) is 4.90 Å². The fourth-order valence-electron chi connectivity index (χ4n) is 2.86. The molecule has 1 aliphatic rings. The van der Waals surface area contributed by atoms with Crippen LogP contribution >= 0.6 is 0 Å². The van der Waals surface area contributed by atoms with Crippen molar-refractivity contribution in [3.63, 3.8) is 0 Å². The van der Waals surface area contributed by atoms with Gasteiger partial charge in [-0.2, -0.15) is 0 Å². The number of H-pyrrole nitrogens is 1. The molecule has 2 aromatic rings. The normalized spacial score (nSPS) is 20.1. The minimum absolute atomic E-state index is 0.604. The van der Waals surface area contributed by atoms with Gasteiger partial charge < -0.3 is 10.3 Å². The fourth-order valence-corrected chi connectivity index (χ4v) is 2.86. The van der Waals surface area contributed by atoms with E-state index in [9.17, 15) is 0 Å². The van der Waals surface area contributed by atoms with Gasteiger partial charge in [-0.25, -0.2) is 4.98 Å². The first kappa shape index (κ1) is 13.3. The summed E-state index contributed by atoms with van der Waals surface area (Å²) >= 11 is 0. The summed E-state index contributed by atoms with van der Waals surface area (Å²) in [7, 11) is 0. The zero-order valence-electron chi connectivity index (χ0n) is 11.8. The average molecular weight is 270 g/mol. The first-order chi connectivity index (χ1) is 9.92. The van der Waals surface area contributed by atoms with E-state index < -0.39 is 0 Å². The highest BCUT2D eigenvalue weighted by atomic mass is 15.2. The Kier molecular flexibility index (Phi) is 4.46. The molecule has 1 atom stereocenters. The Labute approximate surface area is 120 Å². The van der Waals surface area contributed by atoms with Gasteiger partial charge in [-0.15, -0.1) is 0 Å². The number of hydrogen-bond donors (Lipinski definition) is 2. The van der Waals surface area contributed by atoms with Gasteiger partial charge in [0.2, 0.25) is 0 Å². The molecule has 3 rings (SSSR count). The Balaban J connectivity index is 1.57. The highest BCUT2D eigenvalue weighted by molar-refractivity contribution is 5.15. The Morgan fingerprint density at radius 3 is 2.95 bits per heavy atom. The highest BCUT2D eigenvalue weighted by Crippen LogP contribution is 2.14. The first-order valence-electron chi connectivity index (χ1n) is 7.38. The molecular formula is C16H22N4. The number of aromatic nitrogens is 2. The molecular weight excluding hydrogens is 248 g/mol. The van der Waals surface area contributed by atoms with Crippen molar-refractivity contribution < 1.29 is 0 Å². The zero-order chi connectivity index (χ0) is 13.6. The van der Waals surface area contributed by atoms with Gasteiger partial charge in [0.05, 0.1) is 6.33 Å². The Hall–Kier alpha value is -1.65. The van der Waals surface area contributed by atoms with Crippen LogP contribution in [0.1, 0.15) is 17.7 Å². The molecule has 4 nitrogen and oxygen atoms in total. The van der Waals surface area contributed by atoms with Gasteiger partial charge in [0, 0.05) is 44.1 Å². The molecule has 1 aromatic carbocycles. The lowest BCUT2D eigenvalue weighted by atomic mass is 10.0. The molecule has 2 heterocycles. The van der Waals surface area contributed by atoms with Crippen LogP contribution < -0.4 is 5.32 Å². The molecule has 0 bridgehead atoms. The number of hydrogen-bond acceptors (Lipinski definition) is 3. The minimum Gasteiger partial charge on any atom is -0.347 e. The van der Waals surface area contributed by atoms with Crippen LogP contribution in [-0.2, 0) is 13.0 Å². The largest absolute Gasteiger partial charge is 0.347 e. The van der Waals surface area contributed by atoms with Gasteiger partial charge in [0.15, 0.2) is 0 Å². The lowest BCUT2D eigenvalue weighted by Gasteiger charge is -2.36. The van der Waals surface area contributed by atoms with E-state index in [-0.39, 0.29) is 0 Å². The second-order valence-corrected chi connectivity index (χ2v) is 5.43. The van der Waals surface area contributed by atoms with Crippen molar-refractivity contribution in [1.29, 1.82) is 0 Å². The SMILES string of the molecule is c1ccc(CCC2CNCCN2Cc2cnc[nH]2)cc1. The predicted molar refractivity (Wildman–Crippen MR) is 80.4 cm³/mol. The molecule has 0 aliphatic carbocycles. The van der Waals surface area contributed by atoms with E-state index in [4.69, 9.17) is 0 Å². The summed E-state index contributed by atoms with van der Waals surface area (Å²) in [5.41, 5.74) is 2.64. The van der Waals surface area contributed by atoms with Crippen molar-refractivity contribution in [2.45, 2.75) is 25.4 Å². The molecule has 4 heteroatoms. The maximum atomic E-state index is 4.11. The molecule has 2 N–H and O–H groups in total. The maximum absolute atomic E-state index is 4.11. The number of nitrogens with zero attached hydrogens (tertiary/aromatic N) is 2. The van der Waals surface area contributed by atoms with E-state index in [1.165, 1.54) is 17.7 Å². The van der Waals surface area contributed by atoms with Crippen molar-refractivity contribution in [1.82, 2.24) is 20.2 Å². The van der Waals surface area contributed by atoms with Gasteiger partial charge in [0.25, 0.3) is 0 Å². The monoisotopic (exact) mass is 270 g/mol. The number of rotatable bonds is 5. The van der Waals surface area contributed by atoms with Crippen LogP contribution in [-0.4, -0.2) is 40.5 Å². The minimum atomic E-state index is 0.604. The molecule has 0 saturated carbocycles. The first-order valence-corrected chi connectivity index (χ1v) is 7.38. The van der Waals surface area contributed by atoms with Crippen molar-refractivity contribution in [3.8, 4) is 0 Å². The molecule has 1 aromatic heterocycles. The Morgan fingerprint density at radius 2 is 2.15 bits per heavy atom. The maximum Gasteiger partial charge on any atom is 0.0922 e. The second kappa shape index (κ2) is 6.68. The quantitative estimate of drug-likeness (QED) is 0.871. The third-order valence-corrected chi connectivity index (χ3v) is 4.01. The smallest absolute Gasteiger partial charge is 0.0922 e. The van der Waals surface area contributed by atoms with Gasteiger partial charge >= 0.3 is 0 Å². The number of imidazole rings is 1. The van der Waals surface area contributed by atoms with Crippen LogP contribution in [0.25, 0.3) is 0 Å². The Bertz CT molecular complexity index is 494. The molecule has 20 heavy (non-hydrogen) atoms. The third-order valence-electron chi connectivity index (χ3n) is 4.01. The third kappa shape index (κ3) is 3.46. The van der Waals surface area contributed by atoms with Crippen molar-refractivity contribution in [3.05, 3.63) is 54.1 Å². The summed E-state index contributed by atoms with van der Waals surface area (Å²) < 4.78 is 0. The van der Waals surface area contributed by atoms with Crippen LogP contribution in [0.15, 0.2) is 42.9 Å². The molecule has 1 saturated heterocycles. The summed E-state index contributed by atoms with van der Waals surface area (Å²) in [6.45, 7) is 4.25. The van der Waals surface area contributed by atoms with E-state index >= 15 is 0 Å². The Morgan fingerprint density at radius 1 is 1.25 bits per heavy atom. The molecule has 1 fully saturated rings. The zero-order valence-corrected chi connectivity index (χ0v) is 11.8. The average Bonchev–Trinajstić information content (AvgIpc) is 3.00. The lowest BCUT2D eigenvalue weighted by Crippen LogP contribution is -2.50. The van der Waals surface area contributed by atoms with Gasteiger partial charge in [-0.05, 0) is 18.4 Å². The standard InChI is InChI=1S/C16H22N4/c1-2-4-14(5-3-1)6-7-16-11-17-8-9-20(16)12-15-10-18-13-19-15/h1-5,10,13,16-17H,6-9,11-12H2,(H,18,19). The molecule has 1 unspecified atom stereocenters. The van der Waals surface area contributed by atoms with Gasteiger partial charge in [-0.1, -0.05) is 30.3 Å². The number of piperazine rings is 1. The fraction of sp³-hybridized carbons (Fsp3) is 0.438. The lowest BCUT2D eigenvalue weighted by molar-refractivity contribution is 0.144.